The SMILES string of the molecule is Cc1ccc(C(Cc2ccc(I)cc2)NN)c(C)c1. The van der Waals surface area contributed by atoms with Gasteiger partial charge in [0.25, 0.3) is 0 Å². The molecule has 1 atom stereocenters. The molecule has 0 amide bonds. The van der Waals surface area contributed by atoms with Crippen LogP contribution in [0.5, 0.6) is 0 Å². The van der Waals surface area contributed by atoms with Gasteiger partial charge in [-0.15, -0.1) is 0 Å². The van der Waals surface area contributed by atoms with Gasteiger partial charge in [0.05, 0.1) is 6.04 Å². The summed E-state index contributed by atoms with van der Waals surface area (Å²) in [5, 5.41) is 0. The number of nitrogens with two attached hydrogens (primary N) is 1. The molecule has 0 aliphatic carbocycles. The molecule has 0 spiro atoms. The Bertz CT molecular complexity index is 549. The molecule has 0 radical (unpaired) electrons. The molecule has 0 aliphatic heterocycles. The Hall–Kier alpha value is -0.910. The van der Waals surface area contributed by atoms with E-state index >= 15 is 0 Å². The fourth-order valence-electron chi connectivity index (χ4n) is 2.33. The van der Waals surface area contributed by atoms with Crippen molar-refractivity contribution in [3.63, 3.8) is 0 Å². The second-order valence-electron chi connectivity index (χ2n) is 4.91. The van der Waals surface area contributed by atoms with E-state index in [4.69, 9.17) is 5.84 Å². The lowest BCUT2D eigenvalue weighted by molar-refractivity contribution is 0.549. The van der Waals surface area contributed by atoms with Gasteiger partial charge in [-0.05, 0) is 71.7 Å². The molecule has 0 heterocycles. The maximum atomic E-state index is 5.74. The van der Waals surface area contributed by atoms with Crippen molar-refractivity contribution < 1.29 is 0 Å². The van der Waals surface area contributed by atoms with E-state index in [1.165, 1.54) is 25.8 Å². The van der Waals surface area contributed by atoms with E-state index in [2.05, 4.69) is 84.3 Å². The lowest BCUT2D eigenvalue weighted by atomic mass is 9.95. The van der Waals surface area contributed by atoms with E-state index < -0.39 is 0 Å². The van der Waals surface area contributed by atoms with Gasteiger partial charge in [-0.25, -0.2) is 0 Å². The van der Waals surface area contributed by atoms with Gasteiger partial charge >= 0.3 is 0 Å². The minimum Gasteiger partial charge on any atom is -0.271 e. The van der Waals surface area contributed by atoms with Crippen LogP contribution in [-0.4, -0.2) is 0 Å². The van der Waals surface area contributed by atoms with Gasteiger partial charge in [-0.3, -0.25) is 11.3 Å². The molecule has 1 unspecified atom stereocenters. The molecule has 2 aromatic rings. The van der Waals surface area contributed by atoms with E-state index in [9.17, 15) is 0 Å². The first-order chi connectivity index (χ1) is 9.10. The number of hydrogen-bond acceptors (Lipinski definition) is 2. The molecule has 3 N–H and O–H groups in total. The minimum absolute atomic E-state index is 0.153. The zero-order valence-corrected chi connectivity index (χ0v) is 13.4. The van der Waals surface area contributed by atoms with Crippen molar-refractivity contribution >= 4 is 22.6 Å². The maximum Gasteiger partial charge on any atom is 0.0502 e. The largest absolute Gasteiger partial charge is 0.271 e. The highest BCUT2D eigenvalue weighted by atomic mass is 127. The summed E-state index contributed by atoms with van der Waals surface area (Å²) in [6.45, 7) is 4.25. The quantitative estimate of drug-likeness (QED) is 0.493. The molecule has 0 aromatic heterocycles. The van der Waals surface area contributed by atoms with Crippen molar-refractivity contribution in [2.45, 2.75) is 26.3 Å². The highest BCUT2D eigenvalue weighted by molar-refractivity contribution is 14.1. The molecular weight excluding hydrogens is 347 g/mol. The van der Waals surface area contributed by atoms with Crippen LogP contribution >= 0.6 is 22.6 Å². The lowest BCUT2D eigenvalue weighted by Crippen LogP contribution is -2.30. The Labute approximate surface area is 128 Å². The van der Waals surface area contributed by atoms with Crippen molar-refractivity contribution in [2.24, 2.45) is 5.84 Å². The van der Waals surface area contributed by atoms with Crippen molar-refractivity contribution in [1.29, 1.82) is 0 Å². The molecule has 2 nitrogen and oxygen atoms in total. The number of nitrogens with one attached hydrogen (secondary N) is 1. The monoisotopic (exact) mass is 366 g/mol. The number of halogens is 1. The van der Waals surface area contributed by atoms with Gasteiger partial charge in [-0.2, -0.15) is 0 Å². The molecule has 100 valence electrons. The third kappa shape index (κ3) is 3.78. The smallest absolute Gasteiger partial charge is 0.0502 e. The summed E-state index contributed by atoms with van der Waals surface area (Å²) in [5.74, 6) is 5.74. The number of hydrazine groups is 1. The second-order valence-corrected chi connectivity index (χ2v) is 6.16. The van der Waals surface area contributed by atoms with Gasteiger partial charge in [0.1, 0.15) is 0 Å². The zero-order chi connectivity index (χ0) is 13.8. The highest BCUT2D eigenvalue weighted by Gasteiger charge is 2.12. The van der Waals surface area contributed by atoms with Crippen LogP contribution in [0.3, 0.4) is 0 Å². The van der Waals surface area contributed by atoms with E-state index in [1.54, 1.807) is 0 Å². The van der Waals surface area contributed by atoms with Crippen LogP contribution in [0.1, 0.15) is 28.3 Å². The van der Waals surface area contributed by atoms with Crippen molar-refractivity contribution in [2.75, 3.05) is 0 Å². The first-order valence-corrected chi connectivity index (χ1v) is 7.45. The molecule has 2 aromatic carbocycles. The van der Waals surface area contributed by atoms with Crippen LogP contribution in [0.15, 0.2) is 42.5 Å². The van der Waals surface area contributed by atoms with Crippen LogP contribution in [-0.2, 0) is 6.42 Å². The predicted octanol–water partition coefficient (Wildman–Crippen LogP) is 3.66. The van der Waals surface area contributed by atoms with E-state index in [-0.39, 0.29) is 6.04 Å². The zero-order valence-electron chi connectivity index (χ0n) is 11.3. The highest BCUT2D eigenvalue weighted by Crippen LogP contribution is 2.22. The van der Waals surface area contributed by atoms with Crippen LogP contribution < -0.4 is 11.3 Å². The molecule has 0 saturated heterocycles. The minimum atomic E-state index is 0.153. The van der Waals surface area contributed by atoms with Crippen LogP contribution in [0.25, 0.3) is 0 Å². The molecule has 19 heavy (non-hydrogen) atoms. The summed E-state index contributed by atoms with van der Waals surface area (Å²) >= 11 is 2.32. The predicted molar refractivity (Wildman–Crippen MR) is 88.8 cm³/mol. The Morgan fingerprint density at radius 1 is 1.11 bits per heavy atom. The Kier molecular flexibility index (Phi) is 4.96. The van der Waals surface area contributed by atoms with Crippen LogP contribution in [0.2, 0.25) is 0 Å². The summed E-state index contributed by atoms with van der Waals surface area (Å²) < 4.78 is 1.25. The van der Waals surface area contributed by atoms with Gasteiger partial charge in [0.15, 0.2) is 0 Å². The first-order valence-electron chi connectivity index (χ1n) is 6.38. The average Bonchev–Trinajstić information content (AvgIpc) is 2.39. The van der Waals surface area contributed by atoms with Crippen LogP contribution in [0, 0.1) is 17.4 Å². The van der Waals surface area contributed by atoms with Gasteiger partial charge < -0.3 is 0 Å². The molecule has 3 heteroatoms. The molecule has 0 saturated carbocycles. The molecule has 0 bridgehead atoms. The van der Waals surface area contributed by atoms with Gasteiger partial charge in [0, 0.05) is 3.57 Å². The van der Waals surface area contributed by atoms with Crippen molar-refractivity contribution in [3.8, 4) is 0 Å². The Balaban J connectivity index is 2.22. The number of hydrogen-bond donors (Lipinski definition) is 2. The number of aryl methyl sites for hydroxylation is 2. The molecule has 2 rings (SSSR count). The van der Waals surface area contributed by atoms with E-state index in [0.29, 0.717) is 0 Å². The van der Waals surface area contributed by atoms with Gasteiger partial charge in [0.2, 0.25) is 0 Å². The van der Waals surface area contributed by atoms with Crippen molar-refractivity contribution in [3.05, 3.63) is 68.3 Å². The van der Waals surface area contributed by atoms with E-state index in [1.807, 2.05) is 0 Å². The van der Waals surface area contributed by atoms with Crippen LogP contribution in [0.4, 0.5) is 0 Å². The third-order valence-corrected chi connectivity index (χ3v) is 4.07. The molecule has 0 aliphatic rings. The van der Waals surface area contributed by atoms with Gasteiger partial charge in [-0.1, -0.05) is 35.9 Å². The summed E-state index contributed by atoms with van der Waals surface area (Å²) in [5.41, 5.74) is 8.07. The Morgan fingerprint density at radius 3 is 2.37 bits per heavy atom. The normalized spacial score (nSPS) is 12.4. The fourth-order valence-corrected chi connectivity index (χ4v) is 2.69. The summed E-state index contributed by atoms with van der Waals surface area (Å²) in [7, 11) is 0. The average molecular weight is 366 g/mol. The lowest BCUT2D eigenvalue weighted by Gasteiger charge is -2.19. The topological polar surface area (TPSA) is 38.0 Å². The molecule has 0 fully saturated rings. The van der Waals surface area contributed by atoms with Crippen molar-refractivity contribution in [1.82, 2.24) is 5.43 Å². The second kappa shape index (κ2) is 6.50. The summed E-state index contributed by atoms with van der Waals surface area (Å²) in [6, 6.07) is 15.2. The fraction of sp³-hybridized carbons (Fsp3) is 0.250. The number of benzene rings is 2. The Morgan fingerprint density at radius 2 is 1.79 bits per heavy atom. The van der Waals surface area contributed by atoms with E-state index in [0.717, 1.165) is 6.42 Å². The first kappa shape index (κ1) is 14.5. The molecular formula is C16H19IN2. The standard InChI is InChI=1S/C16H19IN2/c1-11-3-8-15(12(2)9-11)16(19-18)10-13-4-6-14(17)7-5-13/h3-9,16,19H,10,18H2,1-2H3. The third-order valence-electron chi connectivity index (χ3n) is 3.35. The summed E-state index contributed by atoms with van der Waals surface area (Å²) in [4.78, 5) is 0. The maximum absolute atomic E-state index is 5.74. The summed E-state index contributed by atoms with van der Waals surface area (Å²) in [6.07, 6.45) is 0.900. The number of rotatable bonds is 4.